The fourth-order valence-electron chi connectivity index (χ4n) is 2.49. The lowest BCUT2D eigenvalue weighted by Crippen LogP contribution is -2.26. The number of likely N-dealkylation sites (tertiary alicyclic amines) is 1. The van der Waals surface area contributed by atoms with E-state index in [9.17, 15) is 5.26 Å². The summed E-state index contributed by atoms with van der Waals surface area (Å²) in [7, 11) is 0. The Balaban J connectivity index is 3.12. The van der Waals surface area contributed by atoms with Crippen molar-refractivity contribution in [1.82, 2.24) is 4.90 Å². The SMILES string of the molecule is CC(=C(C#N)C#N)/C(C#N)=C(\C)N1CCCCCCC1. The van der Waals surface area contributed by atoms with Crippen LogP contribution in [0.3, 0.4) is 0 Å². The molecule has 1 aliphatic rings. The van der Waals surface area contributed by atoms with Gasteiger partial charge in [0, 0.05) is 18.8 Å². The minimum absolute atomic E-state index is 0.0212. The van der Waals surface area contributed by atoms with Crippen molar-refractivity contribution in [3.8, 4) is 18.2 Å². The van der Waals surface area contributed by atoms with Crippen molar-refractivity contribution in [3.05, 3.63) is 22.4 Å². The van der Waals surface area contributed by atoms with Crippen LogP contribution in [-0.4, -0.2) is 18.0 Å². The van der Waals surface area contributed by atoms with E-state index in [1.165, 1.54) is 19.3 Å². The number of nitriles is 3. The van der Waals surface area contributed by atoms with E-state index in [1.54, 1.807) is 6.92 Å². The zero-order valence-corrected chi connectivity index (χ0v) is 12.2. The van der Waals surface area contributed by atoms with Crippen molar-refractivity contribution in [1.29, 1.82) is 15.8 Å². The molecule has 0 spiro atoms. The van der Waals surface area contributed by atoms with Crippen molar-refractivity contribution in [2.45, 2.75) is 46.0 Å². The third-order valence-corrected chi connectivity index (χ3v) is 3.78. The van der Waals surface area contributed by atoms with E-state index in [2.05, 4.69) is 11.0 Å². The zero-order valence-electron chi connectivity index (χ0n) is 12.2. The molecule has 20 heavy (non-hydrogen) atoms. The van der Waals surface area contributed by atoms with Gasteiger partial charge in [-0.1, -0.05) is 19.3 Å². The molecule has 104 valence electrons. The molecule has 0 radical (unpaired) electrons. The molecule has 4 heteroatoms. The molecule has 0 unspecified atom stereocenters. The van der Waals surface area contributed by atoms with Gasteiger partial charge in [-0.2, -0.15) is 15.8 Å². The second-order valence-corrected chi connectivity index (χ2v) is 5.05. The van der Waals surface area contributed by atoms with Gasteiger partial charge in [0.2, 0.25) is 0 Å². The third kappa shape index (κ3) is 3.87. The average molecular weight is 268 g/mol. The molecule has 4 nitrogen and oxygen atoms in total. The van der Waals surface area contributed by atoms with Crippen molar-refractivity contribution >= 4 is 0 Å². The molecular formula is C16H20N4. The summed E-state index contributed by atoms with van der Waals surface area (Å²) in [6.45, 7) is 5.47. The largest absolute Gasteiger partial charge is 0.374 e. The van der Waals surface area contributed by atoms with Gasteiger partial charge in [0.15, 0.2) is 0 Å². The quantitative estimate of drug-likeness (QED) is 0.568. The van der Waals surface area contributed by atoms with Gasteiger partial charge in [0.1, 0.15) is 23.8 Å². The summed E-state index contributed by atoms with van der Waals surface area (Å²) in [6, 6.07) is 5.88. The van der Waals surface area contributed by atoms with Gasteiger partial charge >= 0.3 is 0 Å². The molecule has 1 aliphatic heterocycles. The summed E-state index contributed by atoms with van der Waals surface area (Å²) < 4.78 is 0. The summed E-state index contributed by atoms with van der Waals surface area (Å²) in [5, 5.41) is 27.3. The van der Waals surface area contributed by atoms with E-state index < -0.39 is 0 Å². The monoisotopic (exact) mass is 268 g/mol. The molecule has 0 N–H and O–H groups in total. The summed E-state index contributed by atoms with van der Waals surface area (Å²) in [6.07, 6.45) is 5.99. The van der Waals surface area contributed by atoms with Crippen LogP contribution in [0.1, 0.15) is 46.0 Å². The van der Waals surface area contributed by atoms with E-state index in [0.717, 1.165) is 31.6 Å². The van der Waals surface area contributed by atoms with Crippen molar-refractivity contribution in [3.63, 3.8) is 0 Å². The fraction of sp³-hybridized carbons (Fsp3) is 0.562. The van der Waals surface area contributed by atoms with Crippen LogP contribution in [0, 0.1) is 34.0 Å². The Morgan fingerprint density at radius 3 is 1.75 bits per heavy atom. The van der Waals surface area contributed by atoms with Gasteiger partial charge < -0.3 is 4.90 Å². The maximum absolute atomic E-state index is 9.38. The smallest absolute Gasteiger partial charge is 0.133 e. The first-order valence-corrected chi connectivity index (χ1v) is 7.03. The third-order valence-electron chi connectivity index (χ3n) is 3.78. The standard InChI is InChI=1S/C16H20N4/c1-13(15(10-17)11-18)16(12-19)14(2)20-8-6-4-3-5-7-9-20/h3-9H2,1-2H3/b16-14+. The topological polar surface area (TPSA) is 74.6 Å². The van der Waals surface area contributed by atoms with E-state index in [0.29, 0.717) is 11.1 Å². The Bertz CT molecular complexity index is 510. The van der Waals surface area contributed by atoms with Crippen LogP contribution in [0.25, 0.3) is 0 Å². The lowest BCUT2D eigenvalue weighted by Gasteiger charge is -2.28. The van der Waals surface area contributed by atoms with Gasteiger partial charge in [-0.15, -0.1) is 0 Å². The molecule has 0 bridgehead atoms. The zero-order chi connectivity index (χ0) is 15.0. The molecule has 0 aromatic rings. The number of allylic oxidation sites excluding steroid dienone is 4. The molecule has 0 amide bonds. The van der Waals surface area contributed by atoms with Crippen LogP contribution in [0.5, 0.6) is 0 Å². The molecule has 1 fully saturated rings. The van der Waals surface area contributed by atoms with E-state index >= 15 is 0 Å². The highest BCUT2D eigenvalue weighted by Gasteiger charge is 2.15. The Labute approximate surface area is 121 Å². The molecule has 1 saturated heterocycles. The van der Waals surface area contributed by atoms with Crippen molar-refractivity contribution in [2.24, 2.45) is 0 Å². The predicted molar refractivity (Wildman–Crippen MR) is 76.9 cm³/mol. The summed E-state index contributed by atoms with van der Waals surface area (Å²) in [4.78, 5) is 2.22. The lowest BCUT2D eigenvalue weighted by atomic mass is 10.0. The Morgan fingerprint density at radius 1 is 0.800 bits per heavy atom. The molecular weight excluding hydrogens is 248 g/mol. The summed E-state index contributed by atoms with van der Waals surface area (Å²) in [5.41, 5.74) is 1.85. The van der Waals surface area contributed by atoms with Gasteiger partial charge in [-0.05, 0) is 32.3 Å². The molecule has 0 saturated carbocycles. The minimum Gasteiger partial charge on any atom is -0.374 e. The van der Waals surface area contributed by atoms with E-state index in [1.807, 2.05) is 19.1 Å². The first-order valence-electron chi connectivity index (χ1n) is 7.03. The Kier molecular flexibility index (Phi) is 6.34. The molecule has 0 aliphatic carbocycles. The highest BCUT2D eigenvalue weighted by molar-refractivity contribution is 5.54. The van der Waals surface area contributed by atoms with Crippen LogP contribution >= 0.6 is 0 Å². The second-order valence-electron chi connectivity index (χ2n) is 5.05. The van der Waals surface area contributed by atoms with Gasteiger partial charge in [0.05, 0.1) is 5.57 Å². The molecule has 0 aromatic heterocycles. The molecule has 0 aromatic carbocycles. The maximum Gasteiger partial charge on any atom is 0.133 e. The number of nitrogens with zero attached hydrogens (tertiary/aromatic N) is 4. The van der Waals surface area contributed by atoms with Crippen LogP contribution < -0.4 is 0 Å². The van der Waals surface area contributed by atoms with E-state index in [4.69, 9.17) is 10.5 Å². The second kappa shape index (κ2) is 8.03. The van der Waals surface area contributed by atoms with Crippen LogP contribution in [0.4, 0.5) is 0 Å². The normalized spacial score (nSPS) is 16.6. The Hall–Kier alpha value is -2.25. The van der Waals surface area contributed by atoms with Crippen molar-refractivity contribution in [2.75, 3.05) is 13.1 Å². The average Bonchev–Trinajstić information content (AvgIpc) is 2.40. The highest BCUT2D eigenvalue weighted by atomic mass is 15.1. The number of hydrogen-bond donors (Lipinski definition) is 0. The number of hydrogen-bond acceptors (Lipinski definition) is 4. The summed E-state index contributed by atoms with van der Waals surface area (Å²) in [5.74, 6) is 0. The Morgan fingerprint density at radius 2 is 1.30 bits per heavy atom. The number of rotatable bonds is 2. The first-order chi connectivity index (χ1) is 9.65. The minimum atomic E-state index is 0.0212. The first kappa shape index (κ1) is 15.8. The van der Waals surface area contributed by atoms with Gasteiger partial charge in [-0.25, -0.2) is 0 Å². The van der Waals surface area contributed by atoms with Crippen LogP contribution in [-0.2, 0) is 0 Å². The molecule has 1 heterocycles. The lowest BCUT2D eigenvalue weighted by molar-refractivity contribution is 0.305. The molecule has 0 atom stereocenters. The van der Waals surface area contributed by atoms with Crippen LogP contribution in [0.2, 0.25) is 0 Å². The van der Waals surface area contributed by atoms with E-state index in [-0.39, 0.29) is 5.57 Å². The van der Waals surface area contributed by atoms with Crippen LogP contribution in [0.15, 0.2) is 22.4 Å². The molecule has 1 rings (SSSR count). The fourth-order valence-corrected chi connectivity index (χ4v) is 2.49. The summed E-state index contributed by atoms with van der Waals surface area (Å²) >= 11 is 0. The van der Waals surface area contributed by atoms with Gasteiger partial charge in [0.25, 0.3) is 0 Å². The highest BCUT2D eigenvalue weighted by Crippen LogP contribution is 2.22. The maximum atomic E-state index is 9.38. The predicted octanol–water partition coefficient (Wildman–Crippen LogP) is 3.41. The van der Waals surface area contributed by atoms with Crippen molar-refractivity contribution < 1.29 is 0 Å². The van der Waals surface area contributed by atoms with Gasteiger partial charge in [-0.3, -0.25) is 0 Å².